The Kier molecular flexibility index (Phi) is 3.48. The third-order valence-corrected chi connectivity index (χ3v) is 3.32. The maximum atomic E-state index is 11.9. The van der Waals surface area contributed by atoms with Crippen LogP contribution in [0.2, 0.25) is 0 Å². The molecule has 0 bridgehead atoms. The number of aromatic nitrogens is 1. The standard InChI is InChI=1S/C12H10N2O4S/c1-6-4-8(12(17)18)11(19-6)14-10(16)7-2-3-13-9(15)5-7/h2-5H,1H3,(H,13,15)(H,14,16)(H,17,18). The lowest BCUT2D eigenvalue weighted by atomic mass is 10.2. The van der Waals surface area contributed by atoms with Crippen LogP contribution in [0.4, 0.5) is 5.00 Å². The molecule has 0 saturated carbocycles. The van der Waals surface area contributed by atoms with E-state index in [9.17, 15) is 14.4 Å². The third kappa shape index (κ3) is 2.89. The summed E-state index contributed by atoms with van der Waals surface area (Å²) in [5.41, 5.74) is -0.180. The summed E-state index contributed by atoms with van der Waals surface area (Å²) in [4.78, 5) is 37.2. The van der Waals surface area contributed by atoms with E-state index in [2.05, 4.69) is 10.3 Å². The summed E-state index contributed by atoms with van der Waals surface area (Å²) >= 11 is 1.17. The van der Waals surface area contributed by atoms with Crippen molar-refractivity contribution in [2.45, 2.75) is 6.92 Å². The number of nitrogens with one attached hydrogen (secondary N) is 2. The molecule has 2 aromatic heterocycles. The predicted octanol–water partition coefficient (Wildman–Crippen LogP) is 1.70. The first-order chi connectivity index (χ1) is 8.97. The van der Waals surface area contributed by atoms with Crippen molar-refractivity contribution >= 4 is 28.2 Å². The van der Waals surface area contributed by atoms with Crippen LogP contribution in [-0.2, 0) is 0 Å². The van der Waals surface area contributed by atoms with Gasteiger partial charge in [-0.15, -0.1) is 11.3 Å². The highest BCUT2D eigenvalue weighted by Crippen LogP contribution is 2.27. The van der Waals surface area contributed by atoms with Gasteiger partial charge >= 0.3 is 5.97 Å². The number of anilines is 1. The van der Waals surface area contributed by atoms with Crippen LogP contribution < -0.4 is 10.9 Å². The number of pyridine rings is 1. The van der Waals surface area contributed by atoms with E-state index >= 15 is 0 Å². The lowest BCUT2D eigenvalue weighted by Crippen LogP contribution is -2.16. The number of hydrogen-bond donors (Lipinski definition) is 3. The molecule has 0 radical (unpaired) electrons. The number of carbonyl (C=O) groups is 2. The van der Waals surface area contributed by atoms with Crippen molar-refractivity contribution < 1.29 is 14.7 Å². The largest absolute Gasteiger partial charge is 0.478 e. The highest BCUT2D eigenvalue weighted by molar-refractivity contribution is 7.16. The molecule has 1 amide bonds. The Morgan fingerprint density at radius 2 is 2.11 bits per heavy atom. The van der Waals surface area contributed by atoms with Crippen LogP contribution in [0.5, 0.6) is 0 Å². The summed E-state index contributed by atoms with van der Waals surface area (Å²) in [5.74, 6) is -1.62. The molecular weight excluding hydrogens is 268 g/mol. The van der Waals surface area contributed by atoms with Gasteiger partial charge in [0.15, 0.2) is 0 Å². The van der Waals surface area contributed by atoms with Crippen molar-refractivity contribution in [3.8, 4) is 0 Å². The van der Waals surface area contributed by atoms with Crippen LogP contribution in [0.25, 0.3) is 0 Å². The second kappa shape index (κ2) is 5.07. The van der Waals surface area contributed by atoms with Crippen LogP contribution in [0.3, 0.4) is 0 Å². The third-order valence-electron chi connectivity index (χ3n) is 2.35. The average Bonchev–Trinajstić information content (AvgIpc) is 2.70. The highest BCUT2D eigenvalue weighted by Gasteiger charge is 2.16. The quantitative estimate of drug-likeness (QED) is 0.795. The van der Waals surface area contributed by atoms with E-state index in [-0.39, 0.29) is 16.1 Å². The van der Waals surface area contributed by atoms with E-state index in [4.69, 9.17) is 5.11 Å². The number of carboxylic acid groups (broad SMARTS) is 1. The number of carboxylic acids is 1. The second-order valence-corrected chi connectivity index (χ2v) is 5.06. The fourth-order valence-corrected chi connectivity index (χ4v) is 2.43. The molecule has 0 spiro atoms. The van der Waals surface area contributed by atoms with Crippen molar-refractivity contribution in [1.82, 2.24) is 4.98 Å². The van der Waals surface area contributed by atoms with Crippen molar-refractivity contribution in [1.29, 1.82) is 0 Å². The number of H-pyrrole nitrogens is 1. The maximum Gasteiger partial charge on any atom is 0.338 e. The summed E-state index contributed by atoms with van der Waals surface area (Å²) in [6.07, 6.45) is 1.36. The molecule has 6 nitrogen and oxygen atoms in total. The van der Waals surface area contributed by atoms with Gasteiger partial charge in [0.2, 0.25) is 5.56 Å². The molecule has 0 aliphatic rings. The fourth-order valence-electron chi connectivity index (χ4n) is 1.53. The SMILES string of the molecule is Cc1cc(C(=O)O)c(NC(=O)c2cc[nH]c(=O)c2)s1. The second-order valence-electron chi connectivity index (χ2n) is 3.80. The van der Waals surface area contributed by atoms with Gasteiger partial charge in [-0.1, -0.05) is 0 Å². The van der Waals surface area contributed by atoms with Gasteiger partial charge in [-0.3, -0.25) is 9.59 Å². The number of hydrogen-bond acceptors (Lipinski definition) is 4. The predicted molar refractivity (Wildman–Crippen MR) is 71.0 cm³/mol. The Hall–Kier alpha value is -2.41. The zero-order valence-corrected chi connectivity index (χ0v) is 10.7. The zero-order valence-electron chi connectivity index (χ0n) is 9.89. The average molecular weight is 278 g/mol. The molecule has 0 fully saturated rings. The molecule has 0 saturated heterocycles. The lowest BCUT2D eigenvalue weighted by Gasteiger charge is -2.03. The molecule has 2 heterocycles. The van der Waals surface area contributed by atoms with Crippen LogP contribution in [0.1, 0.15) is 25.6 Å². The molecule has 98 valence electrons. The van der Waals surface area contributed by atoms with Crippen molar-refractivity contribution in [3.63, 3.8) is 0 Å². The van der Waals surface area contributed by atoms with Gasteiger partial charge in [-0.2, -0.15) is 0 Å². The first kappa shape index (κ1) is 13.0. The monoisotopic (exact) mass is 278 g/mol. The van der Waals surface area contributed by atoms with Gasteiger partial charge in [0.1, 0.15) is 5.00 Å². The van der Waals surface area contributed by atoms with Crippen LogP contribution >= 0.6 is 11.3 Å². The van der Waals surface area contributed by atoms with E-state index in [0.717, 1.165) is 10.9 Å². The van der Waals surface area contributed by atoms with E-state index in [1.807, 2.05) is 0 Å². The van der Waals surface area contributed by atoms with Crippen molar-refractivity contribution in [3.05, 3.63) is 50.8 Å². The molecule has 2 aromatic rings. The molecule has 19 heavy (non-hydrogen) atoms. The van der Waals surface area contributed by atoms with Gasteiger partial charge in [-0.25, -0.2) is 4.79 Å². The number of aryl methyl sites for hydroxylation is 1. The number of aromatic carboxylic acids is 1. The topological polar surface area (TPSA) is 99.3 Å². The summed E-state index contributed by atoms with van der Waals surface area (Å²) in [5, 5.41) is 11.8. The molecule has 0 atom stereocenters. The maximum absolute atomic E-state index is 11.9. The van der Waals surface area contributed by atoms with Gasteiger partial charge < -0.3 is 15.4 Å². The van der Waals surface area contributed by atoms with E-state index in [1.54, 1.807) is 6.92 Å². The van der Waals surface area contributed by atoms with Crippen LogP contribution in [-0.4, -0.2) is 22.0 Å². The molecule has 0 aliphatic carbocycles. The zero-order chi connectivity index (χ0) is 14.0. The Balaban J connectivity index is 2.29. The Morgan fingerprint density at radius 1 is 1.37 bits per heavy atom. The minimum Gasteiger partial charge on any atom is -0.478 e. The van der Waals surface area contributed by atoms with Gasteiger partial charge in [0.25, 0.3) is 5.91 Å². The number of thiophene rings is 1. The minimum atomic E-state index is -1.11. The summed E-state index contributed by atoms with van der Waals surface area (Å²) in [6.45, 7) is 1.75. The molecular formula is C12H10N2O4S. The molecule has 0 aromatic carbocycles. The Morgan fingerprint density at radius 3 is 2.74 bits per heavy atom. The fraction of sp³-hybridized carbons (Fsp3) is 0.0833. The van der Waals surface area contributed by atoms with Crippen LogP contribution in [0.15, 0.2) is 29.2 Å². The minimum absolute atomic E-state index is 0.0423. The molecule has 3 N–H and O–H groups in total. The Bertz CT molecular complexity index is 702. The first-order valence-electron chi connectivity index (χ1n) is 5.31. The molecule has 0 aliphatic heterocycles. The summed E-state index contributed by atoms with van der Waals surface area (Å²) in [6, 6.07) is 4.08. The summed E-state index contributed by atoms with van der Waals surface area (Å²) < 4.78 is 0. The van der Waals surface area contributed by atoms with Crippen LogP contribution in [0, 0.1) is 6.92 Å². The highest BCUT2D eigenvalue weighted by atomic mass is 32.1. The van der Waals surface area contributed by atoms with Gasteiger partial charge in [0.05, 0.1) is 5.56 Å². The van der Waals surface area contributed by atoms with Gasteiger partial charge in [-0.05, 0) is 19.1 Å². The first-order valence-corrected chi connectivity index (χ1v) is 6.13. The smallest absolute Gasteiger partial charge is 0.338 e. The number of carbonyl (C=O) groups excluding carboxylic acids is 1. The summed E-state index contributed by atoms with van der Waals surface area (Å²) in [7, 11) is 0. The van der Waals surface area contributed by atoms with Crippen molar-refractivity contribution in [2.24, 2.45) is 0 Å². The van der Waals surface area contributed by atoms with E-state index in [0.29, 0.717) is 0 Å². The van der Waals surface area contributed by atoms with E-state index < -0.39 is 17.4 Å². The van der Waals surface area contributed by atoms with E-state index in [1.165, 1.54) is 29.7 Å². The number of rotatable bonds is 3. The van der Waals surface area contributed by atoms with Gasteiger partial charge in [0, 0.05) is 22.7 Å². The molecule has 0 unspecified atom stereocenters. The Labute approximate surface area is 111 Å². The van der Waals surface area contributed by atoms with Crippen molar-refractivity contribution in [2.75, 3.05) is 5.32 Å². The molecule has 7 heteroatoms. The number of aromatic amines is 1. The lowest BCUT2D eigenvalue weighted by molar-refractivity contribution is 0.0698. The normalized spacial score (nSPS) is 10.2. The molecule has 2 rings (SSSR count). The number of amides is 1.